The van der Waals surface area contributed by atoms with Gasteiger partial charge in [-0.25, -0.2) is 0 Å². The van der Waals surface area contributed by atoms with Crippen LogP contribution in [0.2, 0.25) is 0 Å². The van der Waals surface area contributed by atoms with Crippen LogP contribution in [0.3, 0.4) is 0 Å². The Morgan fingerprint density at radius 1 is 1.38 bits per heavy atom. The molecule has 1 fully saturated rings. The van der Waals surface area contributed by atoms with Crippen LogP contribution in [0.25, 0.3) is 0 Å². The van der Waals surface area contributed by atoms with Gasteiger partial charge in [0.15, 0.2) is 5.92 Å². The lowest BCUT2D eigenvalue weighted by Crippen LogP contribution is -2.46. The third-order valence-electron chi connectivity index (χ3n) is 3.30. The fourth-order valence-electron chi connectivity index (χ4n) is 2.42. The highest BCUT2D eigenvalue weighted by Crippen LogP contribution is 2.36. The lowest BCUT2D eigenvalue weighted by atomic mass is 9.93. The lowest BCUT2D eigenvalue weighted by molar-refractivity contribution is -0.384. The van der Waals surface area contributed by atoms with E-state index in [1.807, 2.05) is 0 Å². The number of carbonyl (C=O) groups is 1. The number of esters is 1. The summed E-state index contributed by atoms with van der Waals surface area (Å²) in [7, 11) is 0. The molecule has 1 aromatic rings. The van der Waals surface area contributed by atoms with Crippen molar-refractivity contribution in [2.45, 2.75) is 25.7 Å². The molecule has 0 spiro atoms. The smallest absolute Gasteiger partial charge is 0.324 e. The first-order chi connectivity index (χ1) is 9.87. The Balaban J connectivity index is 1.91. The van der Waals surface area contributed by atoms with Crippen LogP contribution >= 0.6 is 0 Å². The summed E-state index contributed by atoms with van der Waals surface area (Å²) in [4.78, 5) is 22.5. The average molecular weight is 291 g/mol. The third kappa shape index (κ3) is 2.28. The number of nitrogens with zero attached hydrogens (tertiary/aromatic N) is 2. The molecule has 2 aliphatic rings. The Labute approximate surface area is 119 Å². The highest BCUT2D eigenvalue weighted by molar-refractivity contribution is 6.01. The zero-order chi connectivity index (χ0) is 15.2. The summed E-state index contributed by atoms with van der Waals surface area (Å²) in [5.74, 6) is -2.02. The number of hydrogen-bond donors (Lipinski definition) is 1. The first-order valence-electron chi connectivity index (χ1n) is 6.37. The quantitative estimate of drug-likeness (QED) is 0.503. The van der Waals surface area contributed by atoms with Crippen molar-refractivity contribution in [3.8, 4) is 0 Å². The van der Waals surface area contributed by atoms with E-state index in [9.17, 15) is 14.9 Å². The zero-order valence-corrected chi connectivity index (χ0v) is 11.4. The van der Waals surface area contributed by atoms with Crippen molar-refractivity contribution in [2.75, 3.05) is 0 Å². The zero-order valence-electron chi connectivity index (χ0n) is 11.4. The highest BCUT2D eigenvalue weighted by atomic mass is 16.7. The summed E-state index contributed by atoms with van der Waals surface area (Å²) in [5, 5.41) is 14.9. The summed E-state index contributed by atoms with van der Waals surface area (Å²) >= 11 is 0. The van der Waals surface area contributed by atoms with Crippen LogP contribution in [0.15, 0.2) is 29.4 Å². The number of carbonyl (C=O) groups excluding carboxylic acids is 1. The molecule has 1 saturated heterocycles. The van der Waals surface area contributed by atoms with Gasteiger partial charge in [0.25, 0.3) is 11.5 Å². The van der Waals surface area contributed by atoms with Gasteiger partial charge in [-0.3, -0.25) is 20.3 Å². The predicted octanol–water partition coefficient (Wildman–Crippen LogP) is 1.48. The second-order valence-corrected chi connectivity index (χ2v) is 5.31. The molecular formula is C13H13N3O5. The molecular weight excluding hydrogens is 278 g/mol. The second kappa shape index (κ2) is 4.44. The number of nitro benzene ring substituents is 1. The van der Waals surface area contributed by atoms with Gasteiger partial charge in [-0.2, -0.15) is 0 Å². The molecule has 0 radical (unpaired) electrons. The van der Waals surface area contributed by atoms with E-state index in [1.165, 1.54) is 12.1 Å². The summed E-state index contributed by atoms with van der Waals surface area (Å²) in [6, 6.07) is 5.51. The van der Waals surface area contributed by atoms with Crippen molar-refractivity contribution >= 4 is 17.6 Å². The van der Waals surface area contributed by atoms with Gasteiger partial charge in [0.2, 0.25) is 5.90 Å². The number of non-ortho nitro benzene ring substituents is 1. The van der Waals surface area contributed by atoms with Crippen molar-refractivity contribution in [2.24, 2.45) is 11.0 Å². The molecule has 0 bridgehead atoms. The fraction of sp³-hybridized carbons (Fsp3) is 0.385. The maximum Gasteiger partial charge on any atom is 0.324 e. The van der Waals surface area contributed by atoms with Gasteiger partial charge in [0.1, 0.15) is 0 Å². The molecule has 110 valence electrons. The average Bonchev–Trinajstić information content (AvgIpc) is 2.81. The number of ether oxygens (including phenoxy) is 2. The molecule has 0 saturated carbocycles. The van der Waals surface area contributed by atoms with Crippen molar-refractivity contribution in [3.63, 3.8) is 0 Å². The first kappa shape index (κ1) is 13.3. The van der Waals surface area contributed by atoms with Crippen molar-refractivity contribution < 1.29 is 19.2 Å². The van der Waals surface area contributed by atoms with Crippen LogP contribution in [-0.4, -0.2) is 22.6 Å². The number of benzene rings is 1. The van der Waals surface area contributed by atoms with Crippen LogP contribution in [0.5, 0.6) is 0 Å². The normalized spacial score (nSPS) is 26.0. The number of hydrogen-bond acceptors (Lipinski definition) is 7. The van der Waals surface area contributed by atoms with Crippen LogP contribution < -0.4 is 5.43 Å². The molecule has 2 heterocycles. The number of nitro groups is 1. The molecule has 1 aromatic carbocycles. The predicted molar refractivity (Wildman–Crippen MR) is 71.2 cm³/mol. The maximum absolute atomic E-state index is 12.1. The van der Waals surface area contributed by atoms with Crippen LogP contribution in [0.4, 0.5) is 5.69 Å². The second-order valence-electron chi connectivity index (χ2n) is 5.31. The van der Waals surface area contributed by atoms with E-state index in [2.05, 4.69) is 10.5 Å². The van der Waals surface area contributed by atoms with E-state index in [0.717, 1.165) is 0 Å². The Morgan fingerprint density at radius 2 is 2.14 bits per heavy atom. The number of nitrogens with one attached hydrogen (secondary N) is 1. The van der Waals surface area contributed by atoms with Crippen LogP contribution in [0.1, 0.15) is 25.5 Å². The number of hydrazone groups is 1. The summed E-state index contributed by atoms with van der Waals surface area (Å²) in [6.45, 7) is 3.23. The van der Waals surface area contributed by atoms with E-state index in [4.69, 9.17) is 9.47 Å². The Morgan fingerprint density at radius 3 is 2.86 bits per heavy atom. The summed E-state index contributed by atoms with van der Waals surface area (Å²) < 4.78 is 10.7. The lowest BCUT2D eigenvalue weighted by Gasteiger charge is -2.34. The van der Waals surface area contributed by atoms with Gasteiger partial charge >= 0.3 is 5.97 Å². The SMILES string of the molecule is CC1(C)OC(=O)C2C(=NNC2c2cccc([N+](=O)[O-])c2)O1. The van der Waals surface area contributed by atoms with E-state index in [-0.39, 0.29) is 11.6 Å². The van der Waals surface area contributed by atoms with Crippen molar-refractivity contribution in [1.29, 1.82) is 0 Å². The number of fused-ring (bicyclic) bond motifs is 1. The van der Waals surface area contributed by atoms with Gasteiger partial charge in [-0.05, 0) is 5.56 Å². The Bertz CT molecular complexity index is 655. The number of cyclic esters (lactones) is 1. The first-order valence-corrected chi connectivity index (χ1v) is 6.37. The Hall–Kier alpha value is -2.64. The fourth-order valence-corrected chi connectivity index (χ4v) is 2.42. The van der Waals surface area contributed by atoms with Gasteiger partial charge in [0, 0.05) is 26.0 Å². The minimum Gasteiger partial charge on any atom is -0.437 e. The molecule has 1 N–H and O–H groups in total. The van der Waals surface area contributed by atoms with E-state index in [0.29, 0.717) is 5.56 Å². The molecule has 8 nitrogen and oxygen atoms in total. The molecule has 2 unspecified atom stereocenters. The third-order valence-corrected chi connectivity index (χ3v) is 3.30. The molecule has 2 aliphatic heterocycles. The van der Waals surface area contributed by atoms with Crippen molar-refractivity contribution in [3.05, 3.63) is 39.9 Å². The van der Waals surface area contributed by atoms with Gasteiger partial charge < -0.3 is 9.47 Å². The molecule has 0 aliphatic carbocycles. The molecule has 0 amide bonds. The van der Waals surface area contributed by atoms with E-state index < -0.39 is 28.6 Å². The Kier molecular flexibility index (Phi) is 2.82. The van der Waals surface area contributed by atoms with E-state index in [1.54, 1.807) is 26.0 Å². The summed E-state index contributed by atoms with van der Waals surface area (Å²) in [6.07, 6.45) is 0. The molecule has 8 heteroatoms. The highest BCUT2D eigenvalue weighted by Gasteiger charge is 2.49. The van der Waals surface area contributed by atoms with Crippen LogP contribution in [-0.2, 0) is 14.3 Å². The van der Waals surface area contributed by atoms with Crippen molar-refractivity contribution in [1.82, 2.24) is 5.43 Å². The van der Waals surface area contributed by atoms with E-state index >= 15 is 0 Å². The number of rotatable bonds is 2. The summed E-state index contributed by atoms with van der Waals surface area (Å²) in [5.41, 5.74) is 3.32. The topological polar surface area (TPSA) is 103 Å². The molecule has 21 heavy (non-hydrogen) atoms. The standard InChI is InChI=1S/C13H13N3O5/c1-13(2)20-11-9(12(17)21-13)10(14-15-11)7-4-3-5-8(6-7)16(18)19/h3-6,9-10,14H,1-2H3. The molecule has 2 atom stereocenters. The monoisotopic (exact) mass is 291 g/mol. The van der Waals surface area contributed by atoms with Crippen LogP contribution in [0, 0.1) is 16.0 Å². The maximum atomic E-state index is 12.1. The van der Waals surface area contributed by atoms with Gasteiger partial charge in [0.05, 0.1) is 11.0 Å². The minimum atomic E-state index is -1.06. The van der Waals surface area contributed by atoms with Gasteiger partial charge in [-0.15, -0.1) is 5.10 Å². The minimum absolute atomic E-state index is 0.0480. The van der Waals surface area contributed by atoms with Gasteiger partial charge in [-0.1, -0.05) is 12.1 Å². The molecule has 0 aromatic heterocycles. The molecule has 3 rings (SSSR count). The largest absolute Gasteiger partial charge is 0.437 e.